The van der Waals surface area contributed by atoms with Gasteiger partial charge in [-0.05, 0) is 32.9 Å². The SMILES string of the molecule is CC(C)N(CCCN)C(=O)c1cc[nH]c(=O)c1. The summed E-state index contributed by atoms with van der Waals surface area (Å²) >= 11 is 0. The topological polar surface area (TPSA) is 79.2 Å². The van der Waals surface area contributed by atoms with Gasteiger partial charge in [-0.2, -0.15) is 0 Å². The molecule has 0 aliphatic rings. The van der Waals surface area contributed by atoms with Crippen LogP contribution in [0.2, 0.25) is 0 Å². The van der Waals surface area contributed by atoms with Gasteiger partial charge in [-0.25, -0.2) is 0 Å². The van der Waals surface area contributed by atoms with Crippen LogP contribution in [0, 0.1) is 0 Å². The molecule has 94 valence electrons. The fourth-order valence-electron chi connectivity index (χ4n) is 1.60. The maximum absolute atomic E-state index is 12.2. The van der Waals surface area contributed by atoms with Crippen LogP contribution in [0.25, 0.3) is 0 Å². The van der Waals surface area contributed by atoms with Gasteiger partial charge in [-0.15, -0.1) is 0 Å². The third-order valence-electron chi connectivity index (χ3n) is 2.51. The second kappa shape index (κ2) is 6.20. The average molecular weight is 237 g/mol. The van der Waals surface area contributed by atoms with Gasteiger partial charge in [0.2, 0.25) is 5.56 Å². The zero-order valence-electron chi connectivity index (χ0n) is 10.3. The summed E-state index contributed by atoms with van der Waals surface area (Å²) in [6.45, 7) is 5.05. The molecule has 0 fully saturated rings. The highest BCUT2D eigenvalue weighted by Gasteiger charge is 2.18. The number of carbonyl (C=O) groups is 1. The third kappa shape index (κ3) is 3.71. The van der Waals surface area contributed by atoms with Gasteiger partial charge in [-0.1, -0.05) is 0 Å². The second-order valence-corrected chi connectivity index (χ2v) is 4.18. The molecule has 1 aromatic heterocycles. The van der Waals surface area contributed by atoms with Crippen molar-refractivity contribution >= 4 is 5.91 Å². The van der Waals surface area contributed by atoms with Gasteiger partial charge in [0, 0.05) is 30.4 Å². The number of aromatic nitrogens is 1. The van der Waals surface area contributed by atoms with E-state index in [-0.39, 0.29) is 17.5 Å². The van der Waals surface area contributed by atoms with Crippen molar-refractivity contribution in [3.63, 3.8) is 0 Å². The monoisotopic (exact) mass is 237 g/mol. The summed E-state index contributed by atoms with van der Waals surface area (Å²) in [5, 5.41) is 0. The first-order chi connectivity index (χ1) is 8.06. The highest BCUT2D eigenvalue weighted by atomic mass is 16.2. The molecule has 0 unspecified atom stereocenters. The minimum Gasteiger partial charge on any atom is -0.336 e. The van der Waals surface area contributed by atoms with Crippen molar-refractivity contribution < 1.29 is 4.79 Å². The van der Waals surface area contributed by atoms with Crippen molar-refractivity contribution in [3.8, 4) is 0 Å². The number of carbonyl (C=O) groups excluding carboxylic acids is 1. The molecule has 5 heteroatoms. The van der Waals surface area contributed by atoms with E-state index >= 15 is 0 Å². The first-order valence-corrected chi connectivity index (χ1v) is 5.76. The van der Waals surface area contributed by atoms with E-state index in [1.165, 1.54) is 12.3 Å². The number of rotatable bonds is 5. The Kier molecular flexibility index (Phi) is 4.90. The van der Waals surface area contributed by atoms with Gasteiger partial charge in [0.1, 0.15) is 0 Å². The summed E-state index contributed by atoms with van der Waals surface area (Å²) < 4.78 is 0. The Balaban J connectivity index is 2.87. The zero-order chi connectivity index (χ0) is 12.8. The number of nitrogens with two attached hydrogens (primary N) is 1. The van der Waals surface area contributed by atoms with Gasteiger partial charge >= 0.3 is 0 Å². The zero-order valence-corrected chi connectivity index (χ0v) is 10.3. The number of H-pyrrole nitrogens is 1. The van der Waals surface area contributed by atoms with Crippen LogP contribution in [0.5, 0.6) is 0 Å². The third-order valence-corrected chi connectivity index (χ3v) is 2.51. The van der Waals surface area contributed by atoms with Gasteiger partial charge in [0.05, 0.1) is 0 Å². The predicted octanol–water partition coefficient (Wildman–Crippen LogP) is 0.574. The molecule has 17 heavy (non-hydrogen) atoms. The normalized spacial score (nSPS) is 10.6. The first-order valence-electron chi connectivity index (χ1n) is 5.76. The Labute approximate surface area is 101 Å². The van der Waals surface area contributed by atoms with E-state index in [1.807, 2.05) is 13.8 Å². The van der Waals surface area contributed by atoms with Crippen LogP contribution in [-0.4, -0.2) is 34.9 Å². The molecule has 0 saturated heterocycles. The van der Waals surface area contributed by atoms with E-state index in [9.17, 15) is 9.59 Å². The number of pyridine rings is 1. The summed E-state index contributed by atoms with van der Waals surface area (Å²) in [6, 6.07) is 3.02. The number of nitrogens with zero attached hydrogens (tertiary/aromatic N) is 1. The van der Waals surface area contributed by atoms with Crippen molar-refractivity contribution in [2.45, 2.75) is 26.3 Å². The van der Waals surface area contributed by atoms with E-state index in [0.717, 1.165) is 6.42 Å². The molecule has 5 nitrogen and oxygen atoms in total. The Morgan fingerprint density at radius 2 is 2.24 bits per heavy atom. The van der Waals surface area contributed by atoms with Crippen LogP contribution in [0.15, 0.2) is 23.1 Å². The fraction of sp³-hybridized carbons (Fsp3) is 0.500. The molecule has 0 bridgehead atoms. The minimum absolute atomic E-state index is 0.0911. The Hall–Kier alpha value is -1.62. The molecular formula is C12H19N3O2. The lowest BCUT2D eigenvalue weighted by Gasteiger charge is -2.26. The van der Waals surface area contributed by atoms with Crippen LogP contribution < -0.4 is 11.3 Å². The summed E-state index contributed by atoms with van der Waals surface area (Å²) in [5.74, 6) is -0.125. The number of hydrogen-bond donors (Lipinski definition) is 2. The van der Waals surface area contributed by atoms with Crippen molar-refractivity contribution in [2.24, 2.45) is 5.73 Å². The molecular weight excluding hydrogens is 218 g/mol. The van der Waals surface area contributed by atoms with Gasteiger partial charge < -0.3 is 15.6 Å². The van der Waals surface area contributed by atoms with Gasteiger partial charge in [0.15, 0.2) is 0 Å². The molecule has 3 N–H and O–H groups in total. The molecule has 0 aliphatic carbocycles. The second-order valence-electron chi connectivity index (χ2n) is 4.18. The summed E-state index contributed by atoms with van der Waals surface area (Å²) in [7, 11) is 0. The van der Waals surface area contributed by atoms with E-state index in [0.29, 0.717) is 18.7 Å². The van der Waals surface area contributed by atoms with Crippen molar-refractivity contribution in [1.82, 2.24) is 9.88 Å². The number of nitrogens with one attached hydrogen (secondary N) is 1. The fourth-order valence-corrected chi connectivity index (χ4v) is 1.60. The quantitative estimate of drug-likeness (QED) is 0.786. The van der Waals surface area contributed by atoms with Crippen LogP contribution in [0.4, 0.5) is 0 Å². The van der Waals surface area contributed by atoms with Crippen molar-refractivity contribution in [2.75, 3.05) is 13.1 Å². The predicted molar refractivity (Wildman–Crippen MR) is 66.9 cm³/mol. The molecule has 0 aromatic carbocycles. The lowest BCUT2D eigenvalue weighted by Crippen LogP contribution is -2.38. The van der Waals surface area contributed by atoms with Crippen LogP contribution >= 0.6 is 0 Å². The summed E-state index contributed by atoms with van der Waals surface area (Å²) in [5.41, 5.74) is 5.60. The smallest absolute Gasteiger partial charge is 0.254 e. The molecule has 0 atom stereocenters. The molecule has 0 spiro atoms. The number of hydrogen-bond acceptors (Lipinski definition) is 3. The number of amides is 1. The van der Waals surface area contributed by atoms with Crippen LogP contribution in [-0.2, 0) is 0 Å². The Bertz CT molecular complexity index is 426. The van der Waals surface area contributed by atoms with Crippen LogP contribution in [0.1, 0.15) is 30.6 Å². The lowest BCUT2D eigenvalue weighted by atomic mass is 10.2. The van der Waals surface area contributed by atoms with Crippen LogP contribution in [0.3, 0.4) is 0 Å². The van der Waals surface area contributed by atoms with E-state index in [2.05, 4.69) is 4.98 Å². The summed E-state index contributed by atoms with van der Waals surface area (Å²) in [6.07, 6.45) is 2.24. The average Bonchev–Trinajstić information content (AvgIpc) is 2.29. The Morgan fingerprint density at radius 3 is 2.76 bits per heavy atom. The maximum Gasteiger partial charge on any atom is 0.254 e. The molecule has 1 rings (SSSR count). The van der Waals surface area contributed by atoms with E-state index in [4.69, 9.17) is 5.73 Å². The maximum atomic E-state index is 12.2. The number of aromatic amines is 1. The molecule has 0 aliphatic heterocycles. The van der Waals surface area contributed by atoms with Crippen molar-refractivity contribution in [3.05, 3.63) is 34.2 Å². The highest BCUT2D eigenvalue weighted by molar-refractivity contribution is 5.94. The van der Waals surface area contributed by atoms with E-state index in [1.54, 1.807) is 11.0 Å². The van der Waals surface area contributed by atoms with Gasteiger partial charge in [-0.3, -0.25) is 9.59 Å². The van der Waals surface area contributed by atoms with Gasteiger partial charge in [0.25, 0.3) is 5.91 Å². The summed E-state index contributed by atoms with van der Waals surface area (Å²) in [4.78, 5) is 27.5. The Morgan fingerprint density at radius 1 is 1.53 bits per heavy atom. The molecule has 0 saturated carbocycles. The molecule has 0 radical (unpaired) electrons. The minimum atomic E-state index is -0.265. The first kappa shape index (κ1) is 13.4. The molecule has 1 amide bonds. The van der Waals surface area contributed by atoms with E-state index < -0.39 is 0 Å². The molecule has 1 aromatic rings. The van der Waals surface area contributed by atoms with Crippen molar-refractivity contribution in [1.29, 1.82) is 0 Å². The highest BCUT2D eigenvalue weighted by Crippen LogP contribution is 2.07. The standard InChI is InChI=1S/C12H19N3O2/c1-9(2)15(7-3-5-13)12(17)10-4-6-14-11(16)8-10/h4,6,8-9H,3,5,7,13H2,1-2H3,(H,14,16). The molecule has 1 heterocycles. The largest absolute Gasteiger partial charge is 0.336 e. The lowest BCUT2D eigenvalue weighted by molar-refractivity contribution is 0.0704.